The summed E-state index contributed by atoms with van der Waals surface area (Å²) in [7, 11) is 2.26. The first-order valence-electron chi connectivity index (χ1n) is 5.57. The SMILES string of the molecule is CC(C)N[C@@H]1CCN(C)CC12CC2. The van der Waals surface area contributed by atoms with Crippen molar-refractivity contribution in [2.45, 2.75) is 45.2 Å². The van der Waals surface area contributed by atoms with Gasteiger partial charge in [0.25, 0.3) is 0 Å². The Hall–Kier alpha value is -0.0800. The quantitative estimate of drug-likeness (QED) is 0.695. The normalized spacial score (nSPS) is 32.8. The second-order valence-corrected chi connectivity index (χ2v) is 5.26. The maximum atomic E-state index is 3.73. The van der Waals surface area contributed by atoms with Crippen LogP contribution in [0.1, 0.15) is 33.1 Å². The van der Waals surface area contributed by atoms with Gasteiger partial charge < -0.3 is 10.2 Å². The van der Waals surface area contributed by atoms with E-state index < -0.39 is 0 Å². The number of nitrogens with zero attached hydrogens (tertiary/aromatic N) is 1. The Labute approximate surface area is 81.7 Å². The summed E-state index contributed by atoms with van der Waals surface area (Å²) < 4.78 is 0. The molecule has 0 amide bonds. The highest BCUT2D eigenvalue weighted by atomic mass is 15.2. The monoisotopic (exact) mass is 182 g/mol. The minimum atomic E-state index is 0.644. The third kappa shape index (κ3) is 1.89. The van der Waals surface area contributed by atoms with Crippen molar-refractivity contribution in [3.8, 4) is 0 Å². The van der Waals surface area contributed by atoms with E-state index in [2.05, 4.69) is 31.1 Å². The summed E-state index contributed by atoms with van der Waals surface area (Å²) in [6, 6.07) is 1.44. The molecule has 76 valence electrons. The average Bonchev–Trinajstić information content (AvgIpc) is 2.76. The van der Waals surface area contributed by atoms with E-state index >= 15 is 0 Å². The Balaban J connectivity index is 1.95. The predicted molar refractivity (Wildman–Crippen MR) is 55.8 cm³/mol. The average molecular weight is 182 g/mol. The smallest absolute Gasteiger partial charge is 0.0150 e. The van der Waals surface area contributed by atoms with E-state index in [0.717, 1.165) is 6.04 Å². The van der Waals surface area contributed by atoms with Crippen LogP contribution >= 0.6 is 0 Å². The predicted octanol–water partition coefficient (Wildman–Crippen LogP) is 1.47. The minimum absolute atomic E-state index is 0.644. The van der Waals surface area contributed by atoms with E-state index in [0.29, 0.717) is 11.5 Å². The van der Waals surface area contributed by atoms with E-state index in [1.807, 2.05) is 0 Å². The zero-order chi connectivity index (χ0) is 9.47. The highest BCUT2D eigenvalue weighted by Crippen LogP contribution is 2.51. The van der Waals surface area contributed by atoms with Crippen molar-refractivity contribution in [2.24, 2.45) is 5.41 Å². The van der Waals surface area contributed by atoms with Gasteiger partial charge in [0, 0.05) is 18.6 Å². The first-order chi connectivity index (χ1) is 6.12. The van der Waals surface area contributed by atoms with Gasteiger partial charge in [-0.2, -0.15) is 0 Å². The molecule has 1 heterocycles. The summed E-state index contributed by atoms with van der Waals surface area (Å²) in [5, 5.41) is 3.73. The molecule has 1 N–H and O–H groups in total. The van der Waals surface area contributed by atoms with Crippen LogP contribution < -0.4 is 5.32 Å². The zero-order valence-corrected chi connectivity index (χ0v) is 9.14. The summed E-state index contributed by atoms with van der Waals surface area (Å²) in [5.41, 5.74) is 0.664. The van der Waals surface area contributed by atoms with E-state index in [1.165, 1.54) is 32.4 Å². The van der Waals surface area contributed by atoms with E-state index in [-0.39, 0.29) is 0 Å². The van der Waals surface area contributed by atoms with Gasteiger partial charge in [-0.3, -0.25) is 0 Å². The summed E-state index contributed by atoms with van der Waals surface area (Å²) in [5.74, 6) is 0. The second kappa shape index (κ2) is 3.25. The molecule has 1 aliphatic carbocycles. The van der Waals surface area contributed by atoms with Gasteiger partial charge >= 0.3 is 0 Å². The molecule has 2 fully saturated rings. The molecule has 0 radical (unpaired) electrons. The van der Waals surface area contributed by atoms with Gasteiger partial charge in [-0.15, -0.1) is 0 Å². The van der Waals surface area contributed by atoms with Crippen molar-refractivity contribution < 1.29 is 0 Å². The van der Waals surface area contributed by atoms with Crippen LogP contribution in [0.4, 0.5) is 0 Å². The Morgan fingerprint density at radius 1 is 1.38 bits per heavy atom. The number of piperidine rings is 1. The van der Waals surface area contributed by atoms with Crippen LogP contribution in [0.5, 0.6) is 0 Å². The van der Waals surface area contributed by atoms with Crippen LogP contribution in [-0.4, -0.2) is 37.1 Å². The number of hydrogen-bond acceptors (Lipinski definition) is 2. The lowest BCUT2D eigenvalue weighted by atomic mass is 9.89. The van der Waals surface area contributed by atoms with E-state index in [9.17, 15) is 0 Å². The standard InChI is InChI=1S/C11H22N2/c1-9(2)12-10-4-7-13(3)8-11(10)5-6-11/h9-10,12H,4-8H2,1-3H3/t10-/m1/s1. The fraction of sp³-hybridized carbons (Fsp3) is 1.00. The lowest BCUT2D eigenvalue weighted by Crippen LogP contribution is -2.51. The van der Waals surface area contributed by atoms with Gasteiger partial charge in [-0.1, -0.05) is 13.8 Å². The van der Waals surface area contributed by atoms with Gasteiger partial charge in [0.05, 0.1) is 0 Å². The topological polar surface area (TPSA) is 15.3 Å². The maximum absolute atomic E-state index is 3.73. The van der Waals surface area contributed by atoms with E-state index in [1.54, 1.807) is 0 Å². The molecule has 2 aliphatic rings. The Morgan fingerprint density at radius 3 is 2.62 bits per heavy atom. The van der Waals surface area contributed by atoms with Crippen LogP contribution in [-0.2, 0) is 0 Å². The molecule has 0 bridgehead atoms. The van der Waals surface area contributed by atoms with Crippen molar-refractivity contribution in [1.29, 1.82) is 0 Å². The highest BCUT2D eigenvalue weighted by molar-refractivity contribution is 5.06. The molecule has 0 aromatic carbocycles. The molecule has 1 saturated heterocycles. The van der Waals surface area contributed by atoms with Crippen molar-refractivity contribution in [2.75, 3.05) is 20.1 Å². The Bertz CT molecular complexity index is 185. The molecular weight excluding hydrogens is 160 g/mol. The largest absolute Gasteiger partial charge is 0.311 e. The van der Waals surface area contributed by atoms with Gasteiger partial charge in [-0.25, -0.2) is 0 Å². The first kappa shape index (κ1) is 9.47. The minimum Gasteiger partial charge on any atom is -0.311 e. The third-order valence-electron chi connectivity index (χ3n) is 3.55. The van der Waals surface area contributed by atoms with Gasteiger partial charge in [0.1, 0.15) is 0 Å². The molecule has 0 unspecified atom stereocenters. The zero-order valence-electron chi connectivity index (χ0n) is 9.14. The summed E-state index contributed by atoms with van der Waals surface area (Å²) in [4.78, 5) is 2.49. The van der Waals surface area contributed by atoms with Gasteiger partial charge in [0.15, 0.2) is 0 Å². The number of rotatable bonds is 2. The van der Waals surface area contributed by atoms with E-state index in [4.69, 9.17) is 0 Å². The van der Waals surface area contributed by atoms with Crippen molar-refractivity contribution in [3.63, 3.8) is 0 Å². The molecule has 0 aromatic heterocycles. The van der Waals surface area contributed by atoms with Crippen LogP contribution in [0.15, 0.2) is 0 Å². The molecule has 1 saturated carbocycles. The van der Waals surface area contributed by atoms with Crippen molar-refractivity contribution in [3.05, 3.63) is 0 Å². The number of likely N-dealkylation sites (tertiary alicyclic amines) is 1. The highest BCUT2D eigenvalue weighted by Gasteiger charge is 2.51. The van der Waals surface area contributed by atoms with Gasteiger partial charge in [-0.05, 0) is 38.3 Å². The van der Waals surface area contributed by atoms with Crippen LogP contribution in [0.2, 0.25) is 0 Å². The molecule has 0 aromatic rings. The summed E-state index contributed by atoms with van der Waals surface area (Å²) >= 11 is 0. The lowest BCUT2D eigenvalue weighted by molar-refractivity contribution is 0.141. The fourth-order valence-electron chi connectivity index (χ4n) is 2.71. The molecule has 2 rings (SSSR count). The summed E-state index contributed by atoms with van der Waals surface area (Å²) in [6.45, 7) is 7.10. The molecular formula is C11H22N2. The molecule has 1 aliphatic heterocycles. The molecule has 2 nitrogen and oxygen atoms in total. The maximum Gasteiger partial charge on any atom is 0.0150 e. The van der Waals surface area contributed by atoms with Crippen LogP contribution in [0, 0.1) is 5.41 Å². The van der Waals surface area contributed by atoms with Gasteiger partial charge in [0.2, 0.25) is 0 Å². The summed E-state index contributed by atoms with van der Waals surface area (Å²) in [6.07, 6.45) is 4.23. The first-order valence-corrected chi connectivity index (χ1v) is 5.57. The molecule has 2 heteroatoms. The second-order valence-electron chi connectivity index (χ2n) is 5.26. The molecule has 13 heavy (non-hydrogen) atoms. The third-order valence-corrected chi connectivity index (χ3v) is 3.55. The molecule has 1 spiro atoms. The molecule has 1 atom stereocenters. The number of hydrogen-bond donors (Lipinski definition) is 1. The Morgan fingerprint density at radius 2 is 2.08 bits per heavy atom. The van der Waals surface area contributed by atoms with Crippen molar-refractivity contribution >= 4 is 0 Å². The fourth-order valence-corrected chi connectivity index (χ4v) is 2.71. The van der Waals surface area contributed by atoms with Crippen LogP contribution in [0.25, 0.3) is 0 Å². The lowest BCUT2D eigenvalue weighted by Gasteiger charge is -2.38. The van der Waals surface area contributed by atoms with Crippen molar-refractivity contribution in [1.82, 2.24) is 10.2 Å². The van der Waals surface area contributed by atoms with Crippen LogP contribution in [0.3, 0.4) is 0 Å². The number of nitrogens with one attached hydrogen (secondary N) is 1. The Kier molecular flexibility index (Phi) is 2.37.